The van der Waals surface area contributed by atoms with Gasteiger partial charge >= 0.3 is 0 Å². The molecule has 0 radical (unpaired) electrons. The molecule has 1 unspecified atom stereocenters. The lowest BCUT2D eigenvalue weighted by molar-refractivity contribution is -0.128. The van der Waals surface area contributed by atoms with Gasteiger partial charge in [-0.25, -0.2) is 0 Å². The van der Waals surface area contributed by atoms with E-state index >= 15 is 0 Å². The molecule has 1 heterocycles. The Morgan fingerprint density at radius 3 is 2.41 bits per heavy atom. The number of hydrogen-bond acceptors (Lipinski definition) is 4. The van der Waals surface area contributed by atoms with Gasteiger partial charge in [0.05, 0.1) is 13.2 Å². The zero-order chi connectivity index (χ0) is 19.6. The first-order chi connectivity index (χ1) is 13.0. The van der Waals surface area contributed by atoms with Gasteiger partial charge in [0.25, 0.3) is 0 Å². The Bertz CT molecular complexity index is 595. The van der Waals surface area contributed by atoms with E-state index < -0.39 is 0 Å². The van der Waals surface area contributed by atoms with Gasteiger partial charge in [0.15, 0.2) is 0 Å². The van der Waals surface area contributed by atoms with Crippen molar-refractivity contribution in [3.05, 3.63) is 29.8 Å². The van der Waals surface area contributed by atoms with E-state index in [-0.39, 0.29) is 23.8 Å². The van der Waals surface area contributed by atoms with Crippen molar-refractivity contribution in [2.24, 2.45) is 5.92 Å². The van der Waals surface area contributed by atoms with Crippen LogP contribution >= 0.6 is 0 Å². The molecule has 1 fully saturated rings. The largest absolute Gasteiger partial charge is 0.497 e. The Morgan fingerprint density at radius 2 is 1.81 bits per heavy atom. The summed E-state index contributed by atoms with van der Waals surface area (Å²) < 4.78 is 5.15. The van der Waals surface area contributed by atoms with Crippen molar-refractivity contribution in [1.29, 1.82) is 0 Å². The van der Waals surface area contributed by atoms with Crippen molar-refractivity contribution in [1.82, 2.24) is 15.5 Å². The van der Waals surface area contributed by atoms with Crippen LogP contribution in [0.2, 0.25) is 0 Å². The molecule has 1 aliphatic heterocycles. The average molecular weight is 376 g/mol. The fourth-order valence-electron chi connectivity index (χ4n) is 3.38. The highest BCUT2D eigenvalue weighted by molar-refractivity contribution is 5.81. The Labute approximate surface area is 162 Å². The minimum absolute atomic E-state index is 0.0531. The lowest BCUT2D eigenvalue weighted by Crippen LogP contribution is -2.50. The number of carbonyl (C=O) groups is 2. The summed E-state index contributed by atoms with van der Waals surface area (Å²) in [5, 5.41) is 6.00. The summed E-state index contributed by atoms with van der Waals surface area (Å²) >= 11 is 0. The van der Waals surface area contributed by atoms with Gasteiger partial charge in [-0.15, -0.1) is 0 Å². The summed E-state index contributed by atoms with van der Waals surface area (Å²) in [6.45, 7) is 6.93. The first-order valence-corrected chi connectivity index (χ1v) is 9.97. The van der Waals surface area contributed by atoms with E-state index in [0.29, 0.717) is 6.54 Å². The fraction of sp³-hybridized carbons (Fsp3) is 0.619. The third-order valence-corrected chi connectivity index (χ3v) is 5.25. The van der Waals surface area contributed by atoms with Gasteiger partial charge in [-0.05, 0) is 63.4 Å². The molecular weight excluding hydrogens is 342 g/mol. The predicted molar refractivity (Wildman–Crippen MR) is 107 cm³/mol. The molecule has 2 rings (SSSR count). The number of carbonyl (C=O) groups excluding carboxylic acids is 2. The maximum atomic E-state index is 12.4. The van der Waals surface area contributed by atoms with Crippen molar-refractivity contribution >= 4 is 11.8 Å². The maximum absolute atomic E-state index is 12.4. The molecule has 1 aromatic rings. The molecule has 0 bridgehead atoms. The Morgan fingerprint density at radius 1 is 1.15 bits per heavy atom. The maximum Gasteiger partial charge on any atom is 0.237 e. The number of ether oxygens (including phenoxy) is 1. The number of amides is 2. The van der Waals surface area contributed by atoms with Crippen molar-refractivity contribution in [3.8, 4) is 5.75 Å². The second-order valence-electron chi connectivity index (χ2n) is 7.17. The van der Waals surface area contributed by atoms with Crippen molar-refractivity contribution in [2.75, 3.05) is 33.3 Å². The Kier molecular flexibility index (Phi) is 8.58. The van der Waals surface area contributed by atoms with Crippen molar-refractivity contribution < 1.29 is 14.3 Å². The Hall–Kier alpha value is -2.08. The molecule has 1 aromatic carbocycles. The third-order valence-electron chi connectivity index (χ3n) is 5.25. The second kappa shape index (κ2) is 10.9. The molecule has 1 saturated heterocycles. The highest BCUT2D eigenvalue weighted by atomic mass is 16.5. The minimum atomic E-state index is -0.166. The summed E-state index contributed by atoms with van der Waals surface area (Å²) in [5.41, 5.74) is 1.17. The first-order valence-electron chi connectivity index (χ1n) is 9.97. The van der Waals surface area contributed by atoms with Gasteiger partial charge in [0, 0.05) is 19.0 Å². The van der Waals surface area contributed by atoms with Gasteiger partial charge in [0.2, 0.25) is 11.8 Å². The fourth-order valence-corrected chi connectivity index (χ4v) is 3.38. The van der Waals surface area contributed by atoms with E-state index in [1.807, 2.05) is 31.2 Å². The second-order valence-corrected chi connectivity index (χ2v) is 7.17. The van der Waals surface area contributed by atoms with E-state index in [1.54, 1.807) is 7.11 Å². The van der Waals surface area contributed by atoms with E-state index in [0.717, 1.165) is 51.1 Å². The van der Waals surface area contributed by atoms with Crippen LogP contribution in [0.1, 0.15) is 38.7 Å². The van der Waals surface area contributed by atoms with Gasteiger partial charge in [-0.1, -0.05) is 19.1 Å². The molecule has 150 valence electrons. The minimum Gasteiger partial charge on any atom is -0.497 e. The summed E-state index contributed by atoms with van der Waals surface area (Å²) in [6.07, 6.45) is 3.39. The molecule has 1 atom stereocenters. The van der Waals surface area contributed by atoms with Crippen molar-refractivity contribution in [2.45, 2.75) is 45.6 Å². The highest BCUT2D eigenvalue weighted by Crippen LogP contribution is 2.19. The molecule has 0 spiro atoms. The molecule has 6 nitrogen and oxygen atoms in total. The van der Waals surface area contributed by atoms with Gasteiger partial charge in [-0.2, -0.15) is 0 Å². The predicted octanol–water partition coefficient (Wildman–Crippen LogP) is 1.98. The zero-order valence-corrected chi connectivity index (χ0v) is 16.8. The zero-order valence-electron chi connectivity index (χ0n) is 16.8. The van der Waals surface area contributed by atoms with Crippen LogP contribution in [0.3, 0.4) is 0 Å². The number of hydrogen-bond donors (Lipinski definition) is 2. The van der Waals surface area contributed by atoms with Gasteiger partial charge < -0.3 is 15.4 Å². The molecule has 2 amide bonds. The normalized spacial score (nSPS) is 16.6. The smallest absolute Gasteiger partial charge is 0.237 e. The number of rotatable bonds is 9. The lowest BCUT2D eigenvalue weighted by Gasteiger charge is -2.34. The number of methoxy groups -OCH3 is 1. The number of piperidine rings is 1. The van der Waals surface area contributed by atoms with E-state index in [1.165, 1.54) is 5.56 Å². The van der Waals surface area contributed by atoms with Crippen LogP contribution in [0.5, 0.6) is 5.75 Å². The van der Waals surface area contributed by atoms with Gasteiger partial charge in [-0.3, -0.25) is 14.5 Å². The standard InChI is InChI=1S/C21H33N3O3/c1-4-12-22-21(26)18-10-14-24(15-11-18)16(2)20(25)23-13-9-17-5-7-19(27-3)8-6-17/h5-8,16,18H,4,9-15H2,1-3H3,(H,22,26)(H,23,25). The summed E-state index contributed by atoms with van der Waals surface area (Å²) in [6, 6.07) is 7.73. The molecule has 0 aliphatic carbocycles. The lowest BCUT2D eigenvalue weighted by atomic mass is 9.95. The molecular formula is C21H33N3O3. The quantitative estimate of drug-likeness (QED) is 0.692. The first kappa shape index (κ1) is 21.2. The number of likely N-dealkylation sites (tertiary alicyclic amines) is 1. The number of nitrogens with one attached hydrogen (secondary N) is 2. The molecule has 0 saturated carbocycles. The summed E-state index contributed by atoms with van der Waals surface area (Å²) in [7, 11) is 1.65. The van der Waals surface area contributed by atoms with Crippen molar-refractivity contribution in [3.63, 3.8) is 0 Å². The van der Waals surface area contributed by atoms with Crippen LogP contribution in [-0.2, 0) is 16.0 Å². The molecule has 2 N–H and O–H groups in total. The summed E-state index contributed by atoms with van der Waals surface area (Å²) in [4.78, 5) is 26.7. The topological polar surface area (TPSA) is 70.7 Å². The van der Waals surface area contributed by atoms with Crippen LogP contribution in [0.15, 0.2) is 24.3 Å². The molecule has 0 aromatic heterocycles. The van der Waals surface area contributed by atoms with E-state index in [9.17, 15) is 9.59 Å². The van der Waals surface area contributed by atoms with Crippen LogP contribution in [-0.4, -0.2) is 56.0 Å². The highest BCUT2D eigenvalue weighted by Gasteiger charge is 2.29. The average Bonchev–Trinajstić information content (AvgIpc) is 2.72. The Balaban J connectivity index is 1.69. The van der Waals surface area contributed by atoms with Crippen LogP contribution in [0.25, 0.3) is 0 Å². The van der Waals surface area contributed by atoms with Crippen LogP contribution in [0, 0.1) is 5.92 Å². The summed E-state index contributed by atoms with van der Waals surface area (Å²) in [5.74, 6) is 1.13. The van der Waals surface area contributed by atoms with Crippen LogP contribution < -0.4 is 15.4 Å². The van der Waals surface area contributed by atoms with Gasteiger partial charge in [0.1, 0.15) is 5.75 Å². The molecule has 6 heteroatoms. The van der Waals surface area contributed by atoms with E-state index in [4.69, 9.17) is 4.74 Å². The number of nitrogens with zero attached hydrogens (tertiary/aromatic N) is 1. The number of benzene rings is 1. The molecule has 27 heavy (non-hydrogen) atoms. The van der Waals surface area contributed by atoms with E-state index in [2.05, 4.69) is 22.5 Å². The monoisotopic (exact) mass is 375 g/mol. The van der Waals surface area contributed by atoms with Crippen LogP contribution in [0.4, 0.5) is 0 Å². The molecule has 1 aliphatic rings. The SMILES string of the molecule is CCCNC(=O)C1CCN(C(C)C(=O)NCCc2ccc(OC)cc2)CC1. The third kappa shape index (κ3) is 6.54.